The minimum Gasteiger partial charge on any atom is -0.322 e. The summed E-state index contributed by atoms with van der Waals surface area (Å²) in [4.78, 5) is 12.7. The molecule has 0 saturated heterocycles. The van der Waals surface area contributed by atoms with Crippen molar-refractivity contribution in [3.8, 4) is 17.2 Å². The summed E-state index contributed by atoms with van der Waals surface area (Å²) in [5.41, 5.74) is 0.963. The molecule has 1 N–H and O–H groups in total. The number of nitrogens with zero attached hydrogens (tertiary/aromatic N) is 1. The Morgan fingerprint density at radius 3 is 2.26 bits per heavy atom. The van der Waals surface area contributed by atoms with Gasteiger partial charge in [0, 0.05) is 16.8 Å². The fourth-order valence-corrected chi connectivity index (χ4v) is 2.70. The Morgan fingerprint density at radius 2 is 1.56 bits per heavy atom. The monoisotopic (exact) mass is 366 g/mol. The van der Waals surface area contributed by atoms with Crippen molar-refractivity contribution >= 4 is 11.6 Å². The Bertz CT molecular complexity index is 1040. The molecule has 134 valence electrons. The first-order valence-corrected chi connectivity index (χ1v) is 7.97. The zero-order valence-corrected chi connectivity index (χ0v) is 13.9. The lowest BCUT2D eigenvalue weighted by atomic mass is 9.95. The maximum absolute atomic E-state index is 12.9. The second-order valence-electron chi connectivity index (χ2n) is 5.74. The van der Waals surface area contributed by atoms with Crippen LogP contribution in [0.3, 0.4) is 0 Å². The molecule has 0 aliphatic rings. The second-order valence-corrected chi connectivity index (χ2v) is 5.74. The smallest absolute Gasteiger partial charge is 0.322 e. The van der Waals surface area contributed by atoms with Crippen LogP contribution in [0.5, 0.6) is 0 Å². The second kappa shape index (κ2) is 7.34. The largest absolute Gasteiger partial charge is 0.416 e. The Kier molecular flexibility index (Phi) is 4.95. The van der Waals surface area contributed by atoms with Crippen molar-refractivity contribution in [1.82, 2.24) is 0 Å². The van der Waals surface area contributed by atoms with Gasteiger partial charge in [-0.25, -0.2) is 0 Å². The molecule has 0 heterocycles. The molecule has 27 heavy (non-hydrogen) atoms. The molecule has 6 heteroatoms. The molecule has 0 bridgehead atoms. The van der Waals surface area contributed by atoms with E-state index < -0.39 is 17.6 Å². The van der Waals surface area contributed by atoms with E-state index in [1.807, 2.05) is 0 Å². The average Bonchev–Trinajstić information content (AvgIpc) is 2.67. The van der Waals surface area contributed by atoms with Crippen molar-refractivity contribution in [2.75, 3.05) is 5.32 Å². The van der Waals surface area contributed by atoms with Crippen LogP contribution in [0.1, 0.15) is 21.5 Å². The zero-order valence-electron chi connectivity index (χ0n) is 13.9. The number of rotatable bonds is 3. The molecule has 0 unspecified atom stereocenters. The number of carbonyl (C=O) groups is 1. The highest BCUT2D eigenvalue weighted by atomic mass is 19.4. The summed E-state index contributed by atoms with van der Waals surface area (Å²) in [7, 11) is 0. The molecule has 0 aliphatic heterocycles. The van der Waals surface area contributed by atoms with Crippen LogP contribution in [0.4, 0.5) is 18.9 Å². The molecule has 0 radical (unpaired) electrons. The fourth-order valence-electron chi connectivity index (χ4n) is 2.70. The van der Waals surface area contributed by atoms with Crippen molar-refractivity contribution in [2.45, 2.75) is 6.18 Å². The molecule has 0 aromatic heterocycles. The van der Waals surface area contributed by atoms with Gasteiger partial charge in [0.2, 0.25) is 0 Å². The van der Waals surface area contributed by atoms with Crippen LogP contribution in [-0.2, 0) is 6.18 Å². The molecule has 0 atom stereocenters. The quantitative estimate of drug-likeness (QED) is 0.666. The van der Waals surface area contributed by atoms with Crippen molar-refractivity contribution in [1.29, 1.82) is 5.26 Å². The molecule has 0 saturated carbocycles. The molecule has 1 amide bonds. The Labute approximate surface area is 153 Å². The summed E-state index contributed by atoms with van der Waals surface area (Å²) in [5.74, 6) is -0.558. The Balaban J connectivity index is 1.97. The fraction of sp³-hybridized carbons (Fsp3) is 0.0476. The normalized spacial score (nSPS) is 10.9. The number of hydrogen-bond acceptors (Lipinski definition) is 2. The maximum atomic E-state index is 12.9. The van der Waals surface area contributed by atoms with E-state index >= 15 is 0 Å². The van der Waals surface area contributed by atoms with Crippen LogP contribution in [0.15, 0.2) is 72.8 Å². The van der Waals surface area contributed by atoms with Gasteiger partial charge >= 0.3 is 6.18 Å². The lowest BCUT2D eigenvalue weighted by Gasteiger charge is -2.13. The number of amides is 1. The average molecular weight is 366 g/mol. The first-order valence-electron chi connectivity index (χ1n) is 7.97. The number of benzene rings is 3. The van der Waals surface area contributed by atoms with Crippen LogP contribution in [0.2, 0.25) is 0 Å². The summed E-state index contributed by atoms with van der Waals surface area (Å²) >= 11 is 0. The van der Waals surface area contributed by atoms with Gasteiger partial charge in [0.1, 0.15) is 0 Å². The predicted molar refractivity (Wildman–Crippen MR) is 96.0 cm³/mol. The number of halogens is 3. The van der Waals surface area contributed by atoms with Gasteiger partial charge in [0.25, 0.3) is 5.91 Å². The van der Waals surface area contributed by atoms with Crippen molar-refractivity contribution in [3.63, 3.8) is 0 Å². The van der Waals surface area contributed by atoms with E-state index in [4.69, 9.17) is 0 Å². The number of hydrogen-bond donors (Lipinski definition) is 1. The van der Waals surface area contributed by atoms with E-state index in [0.717, 1.165) is 12.1 Å². The van der Waals surface area contributed by atoms with Gasteiger partial charge in [-0.3, -0.25) is 4.79 Å². The van der Waals surface area contributed by atoms with Gasteiger partial charge in [-0.15, -0.1) is 0 Å². The zero-order chi connectivity index (χ0) is 19.4. The van der Waals surface area contributed by atoms with Gasteiger partial charge in [-0.2, -0.15) is 18.4 Å². The van der Waals surface area contributed by atoms with Crippen molar-refractivity contribution in [3.05, 3.63) is 89.5 Å². The topological polar surface area (TPSA) is 52.9 Å². The molecule has 3 rings (SSSR count). The van der Waals surface area contributed by atoms with Crippen LogP contribution in [-0.4, -0.2) is 5.91 Å². The van der Waals surface area contributed by atoms with E-state index in [1.54, 1.807) is 48.5 Å². The van der Waals surface area contributed by atoms with Crippen LogP contribution in [0.25, 0.3) is 11.1 Å². The summed E-state index contributed by atoms with van der Waals surface area (Å²) in [6.07, 6.45) is -4.50. The lowest BCUT2D eigenvalue weighted by molar-refractivity contribution is -0.137. The molecule has 0 spiro atoms. The van der Waals surface area contributed by atoms with Crippen LogP contribution in [0, 0.1) is 11.3 Å². The summed E-state index contributed by atoms with van der Waals surface area (Å²) in [6.45, 7) is 0. The van der Waals surface area contributed by atoms with Gasteiger partial charge in [0.15, 0.2) is 0 Å². The maximum Gasteiger partial charge on any atom is 0.416 e. The van der Waals surface area contributed by atoms with Gasteiger partial charge in [-0.05, 0) is 35.9 Å². The SMILES string of the molecule is N#Cc1ccccc1-c1ccccc1C(=O)Nc1cccc(C(F)(F)F)c1. The van der Waals surface area contributed by atoms with E-state index in [1.165, 1.54) is 12.1 Å². The molecule has 3 aromatic carbocycles. The van der Waals surface area contributed by atoms with Crippen LogP contribution < -0.4 is 5.32 Å². The molecule has 0 fully saturated rings. The van der Waals surface area contributed by atoms with Gasteiger partial charge < -0.3 is 5.32 Å². The molecule has 3 nitrogen and oxygen atoms in total. The molecule has 0 aliphatic carbocycles. The van der Waals surface area contributed by atoms with E-state index in [-0.39, 0.29) is 11.3 Å². The van der Waals surface area contributed by atoms with E-state index in [9.17, 15) is 23.2 Å². The van der Waals surface area contributed by atoms with Crippen molar-refractivity contribution < 1.29 is 18.0 Å². The summed E-state index contributed by atoms with van der Waals surface area (Å²) < 4.78 is 38.6. The first-order chi connectivity index (χ1) is 12.9. The Morgan fingerprint density at radius 1 is 0.889 bits per heavy atom. The predicted octanol–water partition coefficient (Wildman–Crippen LogP) is 5.50. The third kappa shape index (κ3) is 3.98. The highest BCUT2D eigenvalue weighted by Crippen LogP contribution is 2.31. The van der Waals surface area contributed by atoms with Crippen LogP contribution >= 0.6 is 0 Å². The Hall–Kier alpha value is -3.59. The number of anilines is 1. The molecular formula is C21H13F3N2O. The number of nitriles is 1. The van der Waals surface area contributed by atoms with E-state index in [2.05, 4.69) is 11.4 Å². The van der Waals surface area contributed by atoms with Gasteiger partial charge in [-0.1, -0.05) is 42.5 Å². The highest BCUT2D eigenvalue weighted by molar-refractivity contribution is 6.09. The summed E-state index contributed by atoms with van der Waals surface area (Å²) in [5, 5.41) is 11.8. The van der Waals surface area contributed by atoms with Gasteiger partial charge in [0.05, 0.1) is 17.2 Å². The third-order valence-corrected chi connectivity index (χ3v) is 3.96. The first kappa shape index (κ1) is 18.2. The van der Waals surface area contributed by atoms with E-state index in [0.29, 0.717) is 16.7 Å². The molecular weight excluding hydrogens is 353 g/mol. The number of alkyl halides is 3. The number of nitrogens with one attached hydrogen (secondary N) is 1. The minimum atomic E-state index is -4.50. The highest BCUT2D eigenvalue weighted by Gasteiger charge is 2.30. The lowest BCUT2D eigenvalue weighted by Crippen LogP contribution is -2.14. The number of carbonyl (C=O) groups excluding carboxylic acids is 1. The summed E-state index contributed by atoms with van der Waals surface area (Å²) in [6, 6.07) is 20.0. The standard InChI is InChI=1S/C21H13F3N2O/c22-21(23,24)15-7-5-8-16(12-15)26-20(27)19-11-4-3-10-18(19)17-9-2-1-6-14(17)13-25/h1-12H,(H,26,27). The minimum absolute atomic E-state index is 0.0400. The molecule has 3 aromatic rings. The third-order valence-electron chi connectivity index (χ3n) is 3.96. The van der Waals surface area contributed by atoms with Crippen molar-refractivity contribution in [2.24, 2.45) is 0 Å².